The van der Waals surface area contributed by atoms with Crippen LogP contribution < -0.4 is 10.6 Å². The number of carbonyl (C=O) groups excluding carboxylic acids is 2. The Balaban J connectivity index is 2.65. The number of hydrogen-bond acceptors (Lipinski definition) is 6. The van der Waals surface area contributed by atoms with Crippen molar-refractivity contribution in [1.29, 1.82) is 5.26 Å². The fourth-order valence-electron chi connectivity index (χ4n) is 2.89. The van der Waals surface area contributed by atoms with Gasteiger partial charge in [0.2, 0.25) is 0 Å². The molecule has 2 N–H and O–H groups in total. The van der Waals surface area contributed by atoms with Crippen LogP contribution in [-0.4, -0.2) is 30.3 Å². The number of nitriles is 1. The number of rotatable bonds is 7. The average Bonchev–Trinajstić information content (AvgIpc) is 3.00. The van der Waals surface area contributed by atoms with Crippen molar-refractivity contribution in [2.45, 2.75) is 39.0 Å². The number of anilines is 1. The molecule has 6 nitrogen and oxygen atoms in total. The highest BCUT2D eigenvalue weighted by Crippen LogP contribution is 2.39. The molecule has 1 atom stereocenters. The molecule has 0 saturated heterocycles. The number of thiophene rings is 1. The Morgan fingerprint density at radius 3 is 2.39 bits per heavy atom. The lowest BCUT2D eigenvalue weighted by Crippen LogP contribution is -2.69. The highest BCUT2D eigenvalue weighted by Gasteiger charge is 2.64. The Bertz CT molecular complexity index is 1030. The number of esters is 1. The van der Waals surface area contributed by atoms with Crippen LogP contribution in [0.3, 0.4) is 0 Å². The smallest absolute Gasteiger partial charge is 0.441 e. The van der Waals surface area contributed by atoms with Crippen LogP contribution in [0.2, 0.25) is 0 Å². The molecule has 0 aliphatic heterocycles. The maximum atomic E-state index is 14.3. The van der Waals surface area contributed by atoms with Crippen LogP contribution in [0.15, 0.2) is 24.3 Å². The quantitative estimate of drug-likeness (QED) is 0.368. The first-order valence-corrected chi connectivity index (χ1v) is 9.95. The van der Waals surface area contributed by atoms with Crippen LogP contribution in [0.4, 0.5) is 22.6 Å². The standard InChI is InChI=1S/C20H19F4N3O3S/c1-4-12-11(3)31-17(14(12)10-25)27-19(20(22,23)24,18(29)30-5-2)26-16(28)13-8-6-7-9-15(13)21/h6-9,27H,4-5H2,1-3H3,(H,26,28). The van der Waals surface area contributed by atoms with E-state index in [2.05, 4.69) is 4.74 Å². The van der Waals surface area contributed by atoms with E-state index in [9.17, 15) is 32.4 Å². The van der Waals surface area contributed by atoms with Gasteiger partial charge in [-0.3, -0.25) is 4.79 Å². The minimum atomic E-state index is -5.41. The van der Waals surface area contributed by atoms with Crippen LogP contribution >= 0.6 is 11.3 Å². The van der Waals surface area contributed by atoms with Crippen molar-refractivity contribution in [3.63, 3.8) is 0 Å². The van der Waals surface area contributed by atoms with Gasteiger partial charge in [0.1, 0.15) is 16.9 Å². The molecule has 0 aliphatic carbocycles. The zero-order chi connectivity index (χ0) is 23.4. The van der Waals surface area contributed by atoms with E-state index in [1.54, 1.807) is 19.2 Å². The van der Waals surface area contributed by atoms with Gasteiger partial charge in [0, 0.05) is 4.88 Å². The maximum absolute atomic E-state index is 14.3. The molecule has 0 spiro atoms. The number of aryl methyl sites for hydroxylation is 1. The van der Waals surface area contributed by atoms with Gasteiger partial charge in [0.15, 0.2) is 0 Å². The monoisotopic (exact) mass is 457 g/mol. The van der Waals surface area contributed by atoms with Gasteiger partial charge in [-0.1, -0.05) is 19.1 Å². The van der Waals surface area contributed by atoms with E-state index in [0.717, 1.165) is 23.5 Å². The Morgan fingerprint density at radius 2 is 1.87 bits per heavy atom. The second-order valence-corrected chi connectivity index (χ2v) is 7.56. The molecule has 2 rings (SSSR count). The van der Waals surface area contributed by atoms with E-state index in [-0.39, 0.29) is 10.6 Å². The molecule has 1 amide bonds. The van der Waals surface area contributed by atoms with E-state index < -0.39 is 41.7 Å². The summed E-state index contributed by atoms with van der Waals surface area (Å²) < 4.78 is 61.4. The van der Waals surface area contributed by atoms with Crippen LogP contribution in [0.5, 0.6) is 0 Å². The van der Waals surface area contributed by atoms with Crippen LogP contribution in [0.25, 0.3) is 0 Å². The third-order valence-electron chi connectivity index (χ3n) is 4.40. The summed E-state index contributed by atoms with van der Waals surface area (Å²) in [5.74, 6) is -4.41. The van der Waals surface area contributed by atoms with Gasteiger partial charge in [-0.15, -0.1) is 11.3 Å². The molecular formula is C20H19F4N3O3S. The zero-order valence-corrected chi connectivity index (χ0v) is 17.6. The largest absolute Gasteiger partial charge is 0.463 e. The Morgan fingerprint density at radius 1 is 1.23 bits per heavy atom. The van der Waals surface area contributed by atoms with E-state index >= 15 is 0 Å². The molecule has 11 heteroatoms. The number of ether oxygens (including phenoxy) is 1. The lowest BCUT2D eigenvalue weighted by molar-refractivity contribution is -0.204. The molecule has 0 fully saturated rings. The summed E-state index contributed by atoms with van der Waals surface area (Å²) in [5, 5.41) is 12.8. The summed E-state index contributed by atoms with van der Waals surface area (Å²) in [7, 11) is 0. The summed E-state index contributed by atoms with van der Waals surface area (Å²) in [5.41, 5.74) is -4.02. The van der Waals surface area contributed by atoms with Crippen molar-refractivity contribution in [1.82, 2.24) is 5.32 Å². The minimum absolute atomic E-state index is 0.0805. The van der Waals surface area contributed by atoms with Crippen molar-refractivity contribution in [2.75, 3.05) is 11.9 Å². The van der Waals surface area contributed by atoms with E-state index in [0.29, 0.717) is 16.9 Å². The van der Waals surface area contributed by atoms with Crippen LogP contribution in [0, 0.1) is 24.1 Å². The van der Waals surface area contributed by atoms with Gasteiger partial charge in [0.05, 0.1) is 17.7 Å². The average molecular weight is 457 g/mol. The highest BCUT2D eigenvalue weighted by molar-refractivity contribution is 7.16. The number of amides is 1. The molecule has 166 valence electrons. The number of nitrogens with zero attached hydrogens (tertiary/aromatic N) is 1. The molecule has 1 aromatic heterocycles. The first-order chi connectivity index (χ1) is 14.5. The number of halogens is 4. The van der Waals surface area contributed by atoms with E-state index in [4.69, 9.17) is 0 Å². The minimum Gasteiger partial charge on any atom is -0.463 e. The predicted octanol–water partition coefficient (Wildman–Crippen LogP) is 4.29. The Labute approximate surface area is 179 Å². The number of nitrogens with one attached hydrogen (secondary N) is 2. The number of alkyl halides is 3. The van der Waals surface area contributed by atoms with Gasteiger partial charge in [-0.25, -0.2) is 9.18 Å². The zero-order valence-electron chi connectivity index (χ0n) is 16.8. The first kappa shape index (κ1) is 24.1. The third-order valence-corrected chi connectivity index (χ3v) is 5.46. The first-order valence-electron chi connectivity index (χ1n) is 9.13. The van der Waals surface area contributed by atoms with Gasteiger partial charge >= 0.3 is 17.8 Å². The second kappa shape index (κ2) is 9.34. The normalized spacial score (nSPS) is 13.1. The van der Waals surface area contributed by atoms with Crippen LogP contribution in [-0.2, 0) is 16.0 Å². The van der Waals surface area contributed by atoms with Crippen LogP contribution in [0.1, 0.15) is 40.2 Å². The molecular weight excluding hydrogens is 438 g/mol. The molecule has 1 unspecified atom stereocenters. The van der Waals surface area contributed by atoms with Crippen molar-refractivity contribution in [3.8, 4) is 6.07 Å². The molecule has 31 heavy (non-hydrogen) atoms. The Hall–Kier alpha value is -3.13. The second-order valence-electron chi connectivity index (χ2n) is 6.33. The highest BCUT2D eigenvalue weighted by atomic mass is 32.1. The topological polar surface area (TPSA) is 91.2 Å². The van der Waals surface area contributed by atoms with E-state index in [1.165, 1.54) is 19.1 Å². The van der Waals surface area contributed by atoms with Gasteiger partial charge in [-0.05, 0) is 38.0 Å². The maximum Gasteiger partial charge on any atom is 0.441 e. The summed E-state index contributed by atoms with van der Waals surface area (Å²) in [4.78, 5) is 25.7. The summed E-state index contributed by atoms with van der Waals surface area (Å²) in [6.45, 7) is 4.22. The summed E-state index contributed by atoms with van der Waals surface area (Å²) >= 11 is 0.828. The molecule has 2 aromatic rings. The van der Waals surface area contributed by atoms with Gasteiger partial charge < -0.3 is 15.4 Å². The third kappa shape index (κ3) is 4.64. The lowest BCUT2D eigenvalue weighted by Gasteiger charge is -2.35. The SMILES string of the molecule is CCOC(=O)C(NC(=O)c1ccccc1F)(Nc1sc(C)c(CC)c1C#N)C(F)(F)F. The molecule has 0 bridgehead atoms. The fraction of sp³-hybridized carbons (Fsp3) is 0.350. The summed E-state index contributed by atoms with van der Waals surface area (Å²) in [6, 6.07) is 6.22. The van der Waals surface area contributed by atoms with Crippen molar-refractivity contribution >= 4 is 28.2 Å². The predicted molar refractivity (Wildman–Crippen MR) is 106 cm³/mol. The number of hydrogen-bond donors (Lipinski definition) is 2. The van der Waals surface area contributed by atoms with Gasteiger partial charge in [-0.2, -0.15) is 18.4 Å². The Kier molecular flexibility index (Phi) is 7.28. The van der Waals surface area contributed by atoms with Crippen molar-refractivity contribution in [2.24, 2.45) is 0 Å². The molecule has 0 aliphatic rings. The number of carbonyl (C=O) groups is 2. The number of benzene rings is 1. The molecule has 1 heterocycles. The van der Waals surface area contributed by atoms with Gasteiger partial charge in [0.25, 0.3) is 5.91 Å². The summed E-state index contributed by atoms with van der Waals surface area (Å²) in [6.07, 6.45) is -5.04. The molecule has 0 saturated carbocycles. The van der Waals surface area contributed by atoms with Crippen molar-refractivity contribution in [3.05, 3.63) is 51.7 Å². The van der Waals surface area contributed by atoms with Crippen molar-refractivity contribution < 1.29 is 31.9 Å². The fourth-order valence-corrected chi connectivity index (χ4v) is 4.05. The van der Waals surface area contributed by atoms with E-state index in [1.807, 2.05) is 11.4 Å². The lowest BCUT2D eigenvalue weighted by atomic mass is 10.1. The molecule has 0 radical (unpaired) electrons. The molecule has 1 aromatic carbocycles.